The summed E-state index contributed by atoms with van der Waals surface area (Å²) in [7, 11) is 0. The van der Waals surface area contributed by atoms with Crippen LogP contribution in [-0.2, 0) is 9.59 Å². The molecule has 1 aliphatic carbocycles. The quantitative estimate of drug-likeness (QED) is 0.811. The second-order valence-electron chi connectivity index (χ2n) is 6.66. The third kappa shape index (κ3) is 4.68. The van der Waals surface area contributed by atoms with Crippen LogP contribution in [0.4, 0.5) is 5.82 Å². The monoisotopic (exact) mass is 341 g/mol. The normalized spacial score (nSPS) is 16.1. The van der Waals surface area contributed by atoms with E-state index in [4.69, 9.17) is 4.52 Å². The number of benzene rings is 1. The zero-order valence-electron chi connectivity index (χ0n) is 14.5. The average Bonchev–Trinajstić information content (AvgIpc) is 3.36. The Bertz CT molecular complexity index is 737. The Balaban J connectivity index is 1.54. The molecule has 132 valence electrons. The molecule has 2 amide bonds. The SMILES string of the molecule is Cc1cc(NC(=O)[C@H](C)NC(=O)CC(c2ccccc2)C2CC2)no1. The summed E-state index contributed by atoms with van der Waals surface area (Å²) >= 11 is 0. The molecule has 25 heavy (non-hydrogen) atoms. The largest absolute Gasteiger partial charge is 0.360 e. The van der Waals surface area contributed by atoms with Crippen molar-refractivity contribution in [3.8, 4) is 0 Å². The summed E-state index contributed by atoms with van der Waals surface area (Å²) in [6.45, 7) is 3.41. The van der Waals surface area contributed by atoms with Crippen LogP contribution in [0.2, 0.25) is 0 Å². The van der Waals surface area contributed by atoms with Crippen LogP contribution in [0.1, 0.15) is 43.4 Å². The molecular weight excluding hydrogens is 318 g/mol. The van der Waals surface area contributed by atoms with Crippen LogP contribution in [0, 0.1) is 12.8 Å². The first-order valence-corrected chi connectivity index (χ1v) is 8.61. The topological polar surface area (TPSA) is 84.2 Å². The predicted molar refractivity (Wildman–Crippen MR) is 94.0 cm³/mol. The minimum Gasteiger partial charge on any atom is -0.360 e. The predicted octanol–water partition coefficient (Wildman–Crippen LogP) is 3.01. The number of rotatable bonds is 7. The van der Waals surface area contributed by atoms with E-state index in [2.05, 4.69) is 27.9 Å². The van der Waals surface area contributed by atoms with Crippen LogP contribution in [-0.4, -0.2) is 23.0 Å². The van der Waals surface area contributed by atoms with Gasteiger partial charge in [-0.1, -0.05) is 35.5 Å². The van der Waals surface area contributed by atoms with Gasteiger partial charge in [0.1, 0.15) is 11.8 Å². The Morgan fingerprint density at radius 3 is 2.60 bits per heavy atom. The molecule has 3 rings (SSSR count). The molecule has 6 heteroatoms. The van der Waals surface area contributed by atoms with Gasteiger partial charge in [0, 0.05) is 12.5 Å². The Labute approximate surface area is 147 Å². The lowest BCUT2D eigenvalue weighted by Gasteiger charge is -2.18. The number of aromatic nitrogens is 1. The van der Waals surface area contributed by atoms with Gasteiger partial charge in [0.05, 0.1) is 0 Å². The van der Waals surface area contributed by atoms with Crippen LogP contribution in [0.25, 0.3) is 0 Å². The number of nitrogens with zero attached hydrogens (tertiary/aromatic N) is 1. The van der Waals surface area contributed by atoms with E-state index in [0.29, 0.717) is 23.9 Å². The maximum absolute atomic E-state index is 12.4. The first-order valence-electron chi connectivity index (χ1n) is 8.61. The van der Waals surface area contributed by atoms with Gasteiger partial charge in [0.15, 0.2) is 5.82 Å². The fourth-order valence-corrected chi connectivity index (χ4v) is 2.98. The third-order valence-electron chi connectivity index (χ3n) is 4.47. The highest BCUT2D eigenvalue weighted by Gasteiger charge is 2.34. The van der Waals surface area contributed by atoms with Crippen LogP contribution in [0.3, 0.4) is 0 Å². The van der Waals surface area contributed by atoms with Crippen LogP contribution < -0.4 is 10.6 Å². The smallest absolute Gasteiger partial charge is 0.247 e. The highest BCUT2D eigenvalue weighted by atomic mass is 16.5. The van der Waals surface area contributed by atoms with Crippen LogP contribution >= 0.6 is 0 Å². The molecule has 2 aromatic rings. The number of carbonyl (C=O) groups is 2. The highest BCUT2D eigenvalue weighted by molar-refractivity contribution is 5.96. The first-order chi connectivity index (χ1) is 12.0. The minimum atomic E-state index is -0.639. The van der Waals surface area contributed by atoms with Crippen LogP contribution in [0.15, 0.2) is 40.9 Å². The summed E-state index contributed by atoms with van der Waals surface area (Å²) in [5.41, 5.74) is 1.19. The van der Waals surface area contributed by atoms with E-state index in [1.807, 2.05) is 18.2 Å². The fourth-order valence-electron chi connectivity index (χ4n) is 2.98. The zero-order valence-corrected chi connectivity index (χ0v) is 14.5. The number of aryl methyl sites for hydroxylation is 1. The van der Waals surface area contributed by atoms with Gasteiger partial charge < -0.3 is 15.2 Å². The highest BCUT2D eigenvalue weighted by Crippen LogP contribution is 2.44. The van der Waals surface area contributed by atoms with Crippen molar-refractivity contribution < 1.29 is 14.1 Å². The van der Waals surface area contributed by atoms with E-state index in [1.54, 1.807) is 19.9 Å². The van der Waals surface area contributed by atoms with Crippen molar-refractivity contribution in [3.05, 3.63) is 47.7 Å². The molecular formula is C19H23N3O3. The number of carbonyl (C=O) groups excluding carboxylic acids is 2. The molecule has 0 aliphatic heterocycles. The molecule has 0 bridgehead atoms. The molecule has 1 heterocycles. The fraction of sp³-hybridized carbons (Fsp3) is 0.421. The van der Waals surface area contributed by atoms with E-state index in [9.17, 15) is 9.59 Å². The Kier molecular flexibility index (Phi) is 5.16. The second kappa shape index (κ2) is 7.51. The average molecular weight is 341 g/mol. The van der Waals surface area contributed by atoms with E-state index >= 15 is 0 Å². The molecule has 1 saturated carbocycles. The number of anilines is 1. The van der Waals surface area contributed by atoms with Crippen LogP contribution in [0.5, 0.6) is 0 Å². The van der Waals surface area contributed by atoms with Gasteiger partial charge in [-0.2, -0.15) is 0 Å². The number of amides is 2. The number of hydrogen-bond donors (Lipinski definition) is 2. The molecule has 0 radical (unpaired) electrons. The summed E-state index contributed by atoms with van der Waals surface area (Å²) in [4.78, 5) is 24.6. The van der Waals surface area contributed by atoms with Crippen molar-refractivity contribution in [3.63, 3.8) is 0 Å². The van der Waals surface area contributed by atoms with Gasteiger partial charge in [0.25, 0.3) is 0 Å². The van der Waals surface area contributed by atoms with E-state index < -0.39 is 6.04 Å². The van der Waals surface area contributed by atoms with Crippen molar-refractivity contribution >= 4 is 17.6 Å². The molecule has 0 saturated heterocycles. The lowest BCUT2D eigenvalue weighted by atomic mass is 9.90. The van der Waals surface area contributed by atoms with Gasteiger partial charge in [-0.25, -0.2) is 0 Å². The summed E-state index contributed by atoms with van der Waals surface area (Å²) in [5.74, 6) is 1.32. The standard InChI is InChI=1S/C19H23N3O3/c1-12-10-17(22-25-12)21-19(24)13(2)20-18(23)11-16(15-8-9-15)14-6-4-3-5-7-14/h3-7,10,13,15-16H,8-9,11H2,1-2H3,(H,20,23)(H,21,22,24)/t13-,16?/m0/s1. The lowest BCUT2D eigenvalue weighted by Crippen LogP contribution is -2.42. The Morgan fingerprint density at radius 2 is 2.00 bits per heavy atom. The molecule has 1 aromatic carbocycles. The van der Waals surface area contributed by atoms with E-state index in [0.717, 1.165) is 12.8 Å². The zero-order chi connectivity index (χ0) is 17.8. The molecule has 1 unspecified atom stereocenters. The van der Waals surface area contributed by atoms with Crippen molar-refractivity contribution in [1.82, 2.24) is 10.5 Å². The Hall–Kier alpha value is -2.63. The summed E-state index contributed by atoms with van der Waals surface area (Å²) in [5, 5.41) is 9.13. The van der Waals surface area contributed by atoms with Crippen molar-refractivity contribution in [1.29, 1.82) is 0 Å². The van der Waals surface area contributed by atoms with Gasteiger partial charge in [-0.15, -0.1) is 0 Å². The number of hydrogen-bond acceptors (Lipinski definition) is 4. The molecule has 1 fully saturated rings. The maximum atomic E-state index is 12.4. The van der Waals surface area contributed by atoms with Crippen molar-refractivity contribution in [2.24, 2.45) is 5.92 Å². The minimum absolute atomic E-state index is 0.111. The summed E-state index contributed by atoms with van der Waals surface area (Å²) in [6, 6.07) is 11.1. The van der Waals surface area contributed by atoms with E-state index in [-0.39, 0.29) is 17.7 Å². The molecule has 1 aliphatic rings. The summed E-state index contributed by atoms with van der Waals surface area (Å²) in [6.07, 6.45) is 2.72. The maximum Gasteiger partial charge on any atom is 0.247 e. The molecule has 0 spiro atoms. The molecule has 2 atom stereocenters. The molecule has 1 aromatic heterocycles. The molecule has 2 N–H and O–H groups in total. The second-order valence-corrected chi connectivity index (χ2v) is 6.66. The van der Waals surface area contributed by atoms with Gasteiger partial charge in [-0.3, -0.25) is 9.59 Å². The van der Waals surface area contributed by atoms with Crippen molar-refractivity contribution in [2.45, 2.75) is 45.1 Å². The van der Waals surface area contributed by atoms with E-state index in [1.165, 1.54) is 5.56 Å². The summed E-state index contributed by atoms with van der Waals surface area (Å²) < 4.78 is 4.91. The van der Waals surface area contributed by atoms with Gasteiger partial charge in [0.2, 0.25) is 11.8 Å². The first kappa shape index (κ1) is 17.2. The third-order valence-corrected chi connectivity index (χ3v) is 4.47. The number of nitrogens with one attached hydrogen (secondary N) is 2. The van der Waals surface area contributed by atoms with Gasteiger partial charge >= 0.3 is 0 Å². The van der Waals surface area contributed by atoms with Crippen molar-refractivity contribution in [2.75, 3.05) is 5.32 Å². The van der Waals surface area contributed by atoms with Gasteiger partial charge in [-0.05, 0) is 44.1 Å². The lowest BCUT2D eigenvalue weighted by molar-refractivity contribution is -0.126. The Morgan fingerprint density at radius 1 is 1.28 bits per heavy atom. The molecule has 6 nitrogen and oxygen atoms in total.